The average Bonchev–Trinajstić information content (AvgIpc) is 3.42. The summed E-state index contributed by atoms with van der Waals surface area (Å²) in [7, 11) is -9.88. The molecule has 0 saturated carbocycles. The summed E-state index contributed by atoms with van der Waals surface area (Å²) in [6.07, 6.45) is 40.1. The van der Waals surface area contributed by atoms with Gasteiger partial charge in [0.25, 0.3) is 0 Å². The summed E-state index contributed by atoms with van der Waals surface area (Å²) in [4.78, 5) is 71.8. The van der Waals surface area contributed by atoms with E-state index in [1.807, 2.05) is 0 Å². The Morgan fingerprint density at radius 2 is 0.675 bits per heavy atom. The fourth-order valence-electron chi connectivity index (χ4n) is 8.51. The fourth-order valence-corrected chi connectivity index (χ4v) is 10.1. The highest BCUT2D eigenvalue weighted by molar-refractivity contribution is 7.47. The van der Waals surface area contributed by atoms with Gasteiger partial charge in [0.1, 0.15) is 19.3 Å². The number of carbonyl (C=O) groups is 4. The smallest absolute Gasteiger partial charge is 0.462 e. The van der Waals surface area contributed by atoms with Gasteiger partial charge in [-0.15, -0.1) is 0 Å². The predicted molar refractivity (Wildman–Crippen MR) is 317 cm³/mol. The van der Waals surface area contributed by atoms with Crippen molar-refractivity contribution < 1.29 is 80.2 Å². The van der Waals surface area contributed by atoms with E-state index in [-0.39, 0.29) is 25.7 Å². The molecule has 0 fully saturated rings. The van der Waals surface area contributed by atoms with Gasteiger partial charge in [0.15, 0.2) is 12.2 Å². The van der Waals surface area contributed by atoms with Crippen LogP contribution in [0.3, 0.4) is 0 Å². The first-order valence-corrected chi connectivity index (χ1v) is 34.4. The minimum Gasteiger partial charge on any atom is -0.462 e. The second kappa shape index (κ2) is 54.5. The molecular formula is C61H114O17P2. The van der Waals surface area contributed by atoms with E-state index in [4.69, 9.17) is 37.0 Å². The van der Waals surface area contributed by atoms with Gasteiger partial charge in [-0.25, -0.2) is 9.13 Å². The van der Waals surface area contributed by atoms with Crippen LogP contribution in [0.1, 0.15) is 279 Å². The first-order chi connectivity index (χ1) is 38.5. The van der Waals surface area contributed by atoms with Crippen LogP contribution in [-0.4, -0.2) is 96.7 Å². The largest absolute Gasteiger partial charge is 0.472 e. The Labute approximate surface area is 484 Å². The zero-order valence-corrected chi connectivity index (χ0v) is 52.5. The molecule has 80 heavy (non-hydrogen) atoms. The minimum absolute atomic E-state index is 0.0843. The topological polar surface area (TPSA) is 237 Å². The number of carbonyl (C=O) groups excluding carboxylic acids is 4. The first kappa shape index (κ1) is 77.5. The number of hydrogen-bond donors (Lipinski definition) is 3. The maximum absolute atomic E-state index is 12.9. The van der Waals surface area contributed by atoms with Gasteiger partial charge in [-0.1, -0.05) is 226 Å². The number of ether oxygens (including phenoxy) is 4. The van der Waals surface area contributed by atoms with Gasteiger partial charge in [0.2, 0.25) is 0 Å². The van der Waals surface area contributed by atoms with Gasteiger partial charge < -0.3 is 33.8 Å². The zero-order valence-electron chi connectivity index (χ0n) is 50.7. The van der Waals surface area contributed by atoms with E-state index in [1.165, 1.54) is 57.8 Å². The van der Waals surface area contributed by atoms with Crippen LogP contribution in [0, 0.1) is 5.92 Å². The monoisotopic (exact) mass is 1180 g/mol. The van der Waals surface area contributed by atoms with E-state index in [0.717, 1.165) is 141 Å². The lowest BCUT2D eigenvalue weighted by atomic mass is 10.0. The summed E-state index contributed by atoms with van der Waals surface area (Å²) < 4.78 is 67.6. The van der Waals surface area contributed by atoms with Crippen LogP contribution in [0.4, 0.5) is 0 Å². The summed E-state index contributed by atoms with van der Waals surface area (Å²) in [5, 5.41) is 10.5. The molecule has 0 aromatic rings. The van der Waals surface area contributed by atoms with Crippen LogP contribution < -0.4 is 0 Å². The number of allylic oxidation sites excluding steroid dienone is 4. The lowest BCUT2D eigenvalue weighted by molar-refractivity contribution is -0.161. The van der Waals surface area contributed by atoms with Crippen LogP contribution >= 0.6 is 15.6 Å². The van der Waals surface area contributed by atoms with Gasteiger partial charge in [-0.05, 0) is 57.3 Å². The highest BCUT2D eigenvalue weighted by atomic mass is 31.2. The molecular weight excluding hydrogens is 1070 g/mol. The molecule has 0 bridgehead atoms. The van der Waals surface area contributed by atoms with Crippen molar-refractivity contribution >= 4 is 39.5 Å². The molecule has 0 aromatic carbocycles. The van der Waals surface area contributed by atoms with Crippen LogP contribution in [0.2, 0.25) is 0 Å². The van der Waals surface area contributed by atoms with Gasteiger partial charge in [-0.2, -0.15) is 0 Å². The van der Waals surface area contributed by atoms with E-state index >= 15 is 0 Å². The number of hydrogen-bond acceptors (Lipinski definition) is 15. The highest BCUT2D eigenvalue weighted by Gasteiger charge is 2.30. The van der Waals surface area contributed by atoms with Crippen molar-refractivity contribution in [3.05, 3.63) is 24.3 Å². The van der Waals surface area contributed by atoms with Crippen LogP contribution in [0.5, 0.6) is 0 Å². The molecule has 2 unspecified atom stereocenters. The van der Waals surface area contributed by atoms with Gasteiger partial charge in [-0.3, -0.25) is 37.3 Å². The molecule has 470 valence electrons. The van der Waals surface area contributed by atoms with Crippen molar-refractivity contribution in [2.75, 3.05) is 39.6 Å². The molecule has 0 radical (unpaired) electrons. The van der Waals surface area contributed by atoms with E-state index in [2.05, 4.69) is 58.9 Å². The molecule has 0 rings (SSSR count). The molecule has 5 atom stereocenters. The average molecular weight is 1180 g/mol. The molecule has 19 heteroatoms. The fraction of sp³-hybridized carbons (Fsp3) is 0.869. The lowest BCUT2D eigenvalue weighted by Crippen LogP contribution is -2.30. The third-order valence-corrected chi connectivity index (χ3v) is 15.3. The molecule has 0 aliphatic heterocycles. The molecule has 0 aromatic heterocycles. The maximum Gasteiger partial charge on any atom is 0.472 e. The van der Waals surface area contributed by atoms with Crippen molar-refractivity contribution in [3.63, 3.8) is 0 Å². The van der Waals surface area contributed by atoms with Crippen LogP contribution in [-0.2, 0) is 65.4 Å². The first-order valence-electron chi connectivity index (χ1n) is 31.5. The number of phosphoric ester groups is 2. The summed E-state index contributed by atoms with van der Waals surface area (Å²) in [6, 6.07) is 0. The summed E-state index contributed by atoms with van der Waals surface area (Å²) in [5.41, 5.74) is 0. The Kier molecular flexibility index (Phi) is 52.8. The zero-order chi connectivity index (χ0) is 59.2. The van der Waals surface area contributed by atoms with E-state index < -0.39 is 97.5 Å². The summed E-state index contributed by atoms with van der Waals surface area (Å²) in [5.74, 6) is -1.45. The number of aliphatic hydroxyl groups excluding tert-OH is 1. The molecule has 0 aliphatic carbocycles. The van der Waals surface area contributed by atoms with Crippen LogP contribution in [0.15, 0.2) is 24.3 Å². The lowest BCUT2D eigenvalue weighted by Gasteiger charge is -2.21. The molecule has 0 amide bonds. The van der Waals surface area contributed by atoms with E-state index in [9.17, 15) is 43.2 Å². The summed E-state index contributed by atoms with van der Waals surface area (Å²) >= 11 is 0. The van der Waals surface area contributed by atoms with E-state index in [1.54, 1.807) is 0 Å². The standard InChI is InChI=1S/C61H114O17P2/c1-6-9-12-15-18-19-20-21-22-23-24-25-32-37-42-47-61(66)78-57(51-72-59(64)45-40-35-31-27-26-30-33-38-43-54(4)5)53-76-80(69,70)74-49-55(62)48-73-79(67,68)75-52-56(77-60(65)46-41-36-29-17-14-11-8-3)50-71-58(63)44-39-34-28-16-13-10-7-2/h19-22,54-57,62H,6-18,23-53H2,1-5H3,(H,67,68)(H,69,70)/b20-19-,22-21-/t55-,56+,57+/m0/s1. The number of esters is 4. The van der Waals surface area contributed by atoms with Crippen molar-refractivity contribution in [1.29, 1.82) is 0 Å². The number of aliphatic hydroxyl groups is 1. The molecule has 3 N–H and O–H groups in total. The number of phosphoric acid groups is 2. The molecule has 0 aliphatic rings. The van der Waals surface area contributed by atoms with Gasteiger partial charge >= 0.3 is 39.5 Å². The summed E-state index contributed by atoms with van der Waals surface area (Å²) in [6.45, 7) is 6.98. The molecule has 17 nitrogen and oxygen atoms in total. The van der Waals surface area contributed by atoms with Gasteiger partial charge in [0, 0.05) is 25.7 Å². The Balaban J connectivity index is 5.23. The van der Waals surface area contributed by atoms with Gasteiger partial charge in [0.05, 0.1) is 26.4 Å². The number of unbranched alkanes of at least 4 members (excludes halogenated alkanes) is 28. The molecule has 0 saturated heterocycles. The Bertz CT molecular complexity index is 1660. The third-order valence-electron chi connectivity index (χ3n) is 13.4. The molecule has 0 heterocycles. The minimum atomic E-state index is -4.95. The maximum atomic E-state index is 12.9. The van der Waals surface area contributed by atoms with Crippen LogP contribution in [0.25, 0.3) is 0 Å². The third kappa shape index (κ3) is 54.8. The second-order valence-electron chi connectivity index (χ2n) is 21.9. The highest BCUT2D eigenvalue weighted by Crippen LogP contribution is 2.45. The van der Waals surface area contributed by atoms with Crippen molar-refractivity contribution in [3.8, 4) is 0 Å². The predicted octanol–water partition coefficient (Wildman–Crippen LogP) is 16.2. The van der Waals surface area contributed by atoms with Crippen molar-refractivity contribution in [2.24, 2.45) is 5.92 Å². The SMILES string of the molecule is CCCCCC/C=C\C=C/CCCCCCCC(=O)O[C@H](COC(=O)CCCCCCCCCCC(C)C)COP(=O)(O)OC[C@@H](O)COP(=O)(O)OC[C@@H](COC(=O)CCCCCCCCC)OC(=O)CCCCCCCCC. The normalized spacial score (nSPS) is 14.5. The second-order valence-corrected chi connectivity index (χ2v) is 24.8. The number of rotatable bonds is 59. The Hall–Kier alpha value is -2.46. The Morgan fingerprint density at radius 3 is 1.02 bits per heavy atom. The van der Waals surface area contributed by atoms with Crippen molar-refractivity contribution in [1.82, 2.24) is 0 Å². The van der Waals surface area contributed by atoms with E-state index in [0.29, 0.717) is 25.7 Å². The molecule has 0 spiro atoms. The quantitative estimate of drug-likeness (QED) is 0.0169. The van der Waals surface area contributed by atoms with Crippen molar-refractivity contribution in [2.45, 2.75) is 297 Å². The Morgan fingerprint density at radius 1 is 0.388 bits per heavy atom.